The van der Waals surface area contributed by atoms with Crippen molar-refractivity contribution >= 4 is 23.5 Å². The molecule has 2 N–H and O–H groups in total. The van der Waals surface area contributed by atoms with Crippen LogP contribution in [0.1, 0.15) is 27.3 Å². The van der Waals surface area contributed by atoms with Crippen LogP contribution in [0.15, 0.2) is 24.3 Å². The van der Waals surface area contributed by atoms with E-state index in [0.717, 1.165) is 11.3 Å². The lowest BCUT2D eigenvalue weighted by atomic mass is 10.1. The van der Waals surface area contributed by atoms with Gasteiger partial charge in [-0.25, -0.2) is 4.79 Å². The lowest BCUT2D eigenvalue weighted by molar-refractivity contribution is -0.122. The summed E-state index contributed by atoms with van der Waals surface area (Å²) in [5, 5.41) is 16.4. The van der Waals surface area contributed by atoms with Crippen LogP contribution in [-0.2, 0) is 17.9 Å². The lowest BCUT2D eigenvalue weighted by Crippen LogP contribution is -2.28. The third-order valence-corrected chi connectivity index (χ3v) is 3.80. The third-order valence-electron chi connectivity index (χ3n) is 3.25. The van der Waals surface area contributed by atoms with E-state index >= 15 is 0 Å². The maximum absolute atomic E-state index is 11.9. The van der Waals surface area contributed by atoms with E-state index in [4.69, 9.17) is 16.7 Å². The number of amides is 1. The van der Waals surface area contributed by atoms with Crippen molar-refractivity contribution in [3.63, 3.8) is 0 Å². The molecule has 0 spiro atoms. The van der Waals surface area contributed by atoms with Crippen molar-refractivity contribution < 1.29 is 14.7 Å². The van der Waals surface area contributed by atoms with Crippen LogP contribution in [-0.4, -0.2) is 26.8 Å². The molecule has 0 bridgehead atoms. The van der Waals surface area contributed by atoms with Gasteiger partial charge in [0.15, 0.2) is 0 Å². The van der Waals surface area contributed by atoms with Crippen molar-refractivity contribution in [1.29, 1.82) is 0 Å². The van der Waals surface area contributed by atoms with Gasteiger partial charge in [0.05, 0.1) is 22.0 Å². The molecule has 0 aliphatic heterocycles. The number of carboxylic acids is 1. The maximum atomic E-state index is 11.9. The van der Waals surface area contributed by atoms with E-state index < -0.39 is 5.97 Å². The summed E-state index contributed by atoms with van der Waals surface area (Å²) in [7, 11) is 0. The number of nitrogens with one attached hydrogen (secondary N) is 1. The molecule has 0 unspecified atom stereocenters. The van der Waals surface area contributed by atoms with Crippen molar-refractivity contribution in [2.45, 2.75) is 26.9 Å². The number of carbonyl (C=O) groups excluding carboxylic acids is 1. The van der Waals surface area contributed by atoms with E-state index in [2.05, 4.69) is 10.4 Å². The molecule has 6 nitrogen and oxygen atoms in total. The molecule has 116 valence electrons. The summed E-state index contributed by atoms with van der Waals surface area (Å²) in [6.07, 6.45) is 0. The van der Waals surface area contributed by atoms with Crippen LogP contribution in [0.2, 0.25) is 5.02 Å². The average molecular weight is 322 g/mol. The molecular weight excluding hydrogens is 306 g/mol. The molecule has 0 saturated carbocycles. The van der Waals surface area contributed by atoms with Gasteiger partial charge in [-0.2, -0.15) is 5.10 Å². The molecule has 7 heteroatoms. The summed E-state index contributed by atoms with van der Waals surface area (Å²) in [6, 6.07) is 6.44. The van der Waals surface area contributed by atoms with Crippen LogP contribution in [0.5, 0.6) is 0 Å². The first-order valence-electron chi connectivity index (χ1n) is 6.67. The Balaban J connectivity index is 1.97. The Hall–Kier alpha value is -2.34. The molecule has 0 radical (unpaired) electrons. The van der Waals surface area contributed by atoms with Crippen LogP contribution in [0.4, 0.5) is 0 Å². The van der Waals surface area contributed by atoms with E-state index in [1.165, 1.54) is 12.1 Å². The predicted octanol–water partition coefficient (Wildman–Crippen LogP) is 2.17. The fourth-order valence-electron chi connectivity index (χ4n) is 2.04. The molecular formula is C15H16ClN3O3. The molecule has 2 rings (SSSR count). The second-order valence-electron chi connectivity index (χ2n) is 4.92. The largest absolute Gasteiger partial charge is 0.478 e. The normalized spacial score (nSPS) is 10.5. The Kier molecular flexibility index (Phi) is 4.82. The van der Waals surface area contributed by atoms with Crippen molar-refractivity contribution in [3.8, 4) is 0 Å². The highest BCUT2D eigenvalue weighted by molar-refractivity contribution is 6.31. The van der Waals surface area contributed by atoms with E-state index in [1.54, 1.807) is 30.7 Å². The Morgan fingerprint density at radius 2 is 2.09 bits per heavy atom. The molecule has 0 aliphatic rings. The molecule has 1 aromatic carbocycles. The number of hydrogen-bond donors (Lipinski definition) is 2. The van der Waals surface area contributed by atoms with Crippen LogP contribution in [0.3, 0.4) is 0 Å². The number of nitrogens with zero attached hydrogens (tertiary/aromatic N) is 2. The van der Waals surface area contributed by atoms with Crippen molar-refractivity contribution in [2.75, 3.05) is 0 Å². The zero-order valence-corrected chi connectivity index (χ0v) is 13.0. The zero-order chi connectivity index (χ0) is 16.3. The van der Waals surface area contributed by atoms with Gasteiger partial charge in [0, 0.05) is 6.54 Å². The van der Waals surface area contributed by atoms with E-state index in [1.807, 2.05) is 0 Å². The van der Waals surface area contributed by atoms with Gasteiger partial charge < -0.3 is 10.4 Å². The summed E-state index contributed by atoms with van der Waals surface area (Å²) in [4.78, 5) is 22.8. The predicted molar refractivity (Wildman–Crippen MR) is 82.0 cm³/mol. The van der Waals surface area contributed by atoms with Crippen molar-refractivity contribution in [1.82, 2.24) is 15.1 Å². The molecule has 0 saturated heterocycles. The van der Waals surface area contributed by atoms with Crippen LogP contribution in [0, 0.1) is 13.8 Å². The van der Waals surface area contributed by atoms with E-state index in [-0.39, 0.29) is 24.6 Å². The van der Waals surface area contributed by atoms with E-state index in [0.29, 0.717) is 10.7 Å². The highest BCUT2D eigenvalue weighted by atomic mass is 35.5. The van der Waals surface area contributed by atoms with Gasteiger partial charge in [-0.15, -0.1) is 0 Å². The minimum atomic E-state index is -0.995. The Morgan fingerprint density at radius 1 is 1.36 bits per heavy atom. The summed E-state index contributed by atoms with van der Waals surface area (Å²) in [6.45, 7) is 3.90. The third kappa shape index (κ3) is 3.65. The first-order valence-corrected chi connectivity index (χ1v) is 7.04. The van der Waals surface area contributed by atoms with Crippen molar-refractivity contribution in [3.05, 3.63) is 51.8 Å². The smallest absolute Gasteiger partial charge is 0.335 e. The summed E-state index contributed by atoms with van der Waals surface area (Å²) >= 11 is 6.03. The van der Waals surface area contributed by atoms with Gasteiger partial charge in [0.2, 0.25) is 5.91 Å². The monoisotopic (exact) mass is 321 g/mol. The highest BCUT2D eigenvalue weighted by Gasteiger charge is 2.12. The molecule has 0 atom stereocenters. The number of aromatic nitrogens is 2. The number of rotatable bonds is 5. The maximum Gasteiger partial charge on any atom is 0.335 e. The van der Waals surface area contributed by atoms with Crippen LogP contribution in [0.25, 0.3) is 0 Å². The van der Waals surface area contributed by atoms with Crippen LogP contribution >= 0.6 is 11.6 Å². The van der Waals surface area contributed by atoms with Crippen LogP contribution < -0.4 is 5.32 Å². The molecule has 22 heavy (non-hydrogen) atoms. The average Bonchev–Trinajstić information content (AvgIpc) is 2.73. The number of aromatic carboxylic acids is 1. The molecule has 0 aliphatic carbocycles. The second-order valence-corrected chi connectivity index (χ2v) is 5.30. The fraction of sp³-hybridized carbons (Fsp3) is 0.267. The van der Waals surface area contributed by atoms with Gasteiger partial charge in [0.25, 0.3) is 0 Å². The number of aryl methyl sites for hydroxylation is 1. The topological polar surface area (TPSA) is 84.2 Å². The van der Waals surface area contributed by atoms with Gasteiger partial charge in [-0.1, -0.05) is 23.7 Å². The SMILES string of the molecule is Cc1nn(CC(=O)NCc2cccc(C(=O)O)c2)c(C)c1Cl. The molecule has 1 aromatic heterocycles. The Bertz CT molecular complexity index is 725. The quantitative estimate of drug-likeness (QED) is 0.884. The summed E-state index contributed by atoms with van der Waals surface area (Å²) in [5.74, 6) is -1.21. The second kappa shape index (κ2) is 6.62. The molecule has 0 fully saturated rings. The first kappa shape index (κ1) is 16.0. The van der Waals surface area contributed by atoms with Gasteiger partial charge >= 0.3 is 5.97 Å². The number of hydrogen-bond acceptors (Lipinski definition) is 3. The molecule has 2 aromatic rings. The standard InChI is InChI=1S/C15H16ClN3O3/c1-9-14(16)10(2)19(18-9)8-13(20)17-7-11-4-3-5-12(6-11)15(21)22/h3-6H,7-8H2,1-2H3,(H,17,20)(H,21,22). The summed E-state index contributed by atoms with van der Waals surface area (Å²) in [5.41, 5.74) is 2.33. The molecule has 1 heterocycles. The van der Waals surface area contributed by atoms with Gasteiger partial charge in [0.1, 0.15) is 6.54 Å². The molecule has 1 amide bonds. The number of benzene rings is 1. The number of halogens is 1. The number of carbonyl (C=O) groups is 2. The minimum absolute atomic E-state index is 0.0675. The Morgan fingerprint density at radius 3 is 2.68 bits per heavy atom. The van der Waals surface area contributed by atoms with E-state index in [9.17, 15) is 9.59 Å². The van der Waals surface area contributed by atoms with Gasteiger partial charge in [-0.3, -0.25) is 9.48 Å². The summed E-state index contributed by atoms with van der Waals surface area (Å²) < 4.78 is 1.54. The number of carboxylic acid groups (broad SMARTS) is 1. The Labute approximate surface area is 132 Å². The lowest BCUT2D eigenvalue weighted by Gasteiger charge is -2.07. The first-order chi connectivity index (χ1) is 10.4. The zero-order valence-electron chi connectivity index (χ0n) is 12.3. The van der Waals surface area contributed by atoms with Crippen molar-refractivity contribution in [2.24, 2.45) is 0 Å². The fourth-order valence-corrected chi connectivity index (χ4v) is 2.17. The van der Waals surface area contributed by atoms with Gasteiger partial charge in [-0.05, 0) is 31.5 Å². The highest BCUT2D eigenvalue weighted by Crippen LogP contribution is 2.18. The minimum Gasteiger partial charge on any atom is -0.478 e.